The van der Waals surface area contributed by atoms with Crippen LogP contribution >= 0.6 is 0 Å². The van der Waals surface area contributed by atoms with Gasteiger partial charge in [-0.25, -0.2) is 13.9 Å². The Bertz CT molecular complexity index is 585. The van der Waals surface area contributed by atoms with Gasteiger partial charge >= 0.3 is 0 Å². The zero-order chi connectivity index (χ0) is 17.3. The zero-order valence-electron chi connectivity index (χ0n) is 13.8. The predicted octanol–water partition coefficient (Wildman–Crippen LogP) is 2.33. The fourth-order valence-electron chi connectivity index (χ4n) is 2.28. The highest BCUT2D eigenvalue weighted by molar-refractivity contribution is 7.89. The third-order valence-corrected chi connectivity index (χ3v) is 5.41. The number of rotatable bonds is 10. The van der Waals surface area contributed by atoms with Gasteiger partial charge in [-0.05, 0) is 30.5 Å². The van der Waals surface area contributed by atoms with Gasteiger partial charge in [0.25, 0.3) is 5.91 Å². The van der Waals surface area contributed by atoms with E-state index in [-0.39, 0.29) is 18.0 Å². The molecule has 0 atom stereocenters. The third-order valence-electron chi connectivity index (χ3n) is 3.56. The average Bonchev–Trinajstić information content (AvgIpc) is 2.54. The molecule has 130 valence electrons. The van der Waals surface area contributed by atoms with E-state index in [0.29, 0.717) is 6.42 Å². The van der Waals surface area contributed by atoms with Gasteiger partial charge in [0.15, 0.2) is 0 Å². The van der Waals surface area contributed by atoms with E-state index in [1.54, 1.807) is 24.3 Å². The molecule has 0 spiro atoms. The van der Waals surface area contributed by atoms with Gasteiger partial charge < -0.3 is 0 Å². The molecule has 0 saturated carbocycles. The van der Waals surface area contributed by atoms with Crippen molar-refractivity contribution in [2.75, 3.05) is 13.1 Å². The van der Waals surface area contributed by atoms with Gasteiger partial charge in [0, 0.05) is 6.54 Å². The van der Waals surface area contributed by atoms with Crippen molar-refractivity contribution in [2.24, 2.45) is 0 Å². The summed E-state index contributed by atoms with van der Waals surface area (Å²) in [6, 6.07) is 6.74. The highest BCUT2D eigenvalue weighted by Gasteiger charge is 2.26. The summed E-state index contributed by atoms with van der Waals surface area (Å²) in [7, 11) is -3.76. The molecule has 7 heteroatoms. The lowest BCUT2D eigenvalue weighted by Gasteiger charge is -2.21. The Morgan fingerprint density at radius 3 is 2.30 bits per heavy atom. The molecular weight excluding hydrogens is 316 g/mol. The summed E-state index contributed by atoms with van der Waals surface area (Å²) in [6.07, 6.45) is 4.38. The van der Waals surface area contributed by atoms with E-state index in [0.717, 1.165) is 35.6 Å². The standard InChI is InChI=1S/C16H26N2O4S/c1-3-5-6-12-18(13-16(19)17-20)23(21,22)15-10-8-14(7-4-2)9-11-15/h8-11,20H,3-7,12-13H2,1-2H3,(H,17,19). The maximum Gasteiger partial charge on any atom is 0.258 e. The van der Waals surface area contributed by atoms with E-state index in [1.165, 1.54) is 5.48 Å². The minimum atomic E-state index is -3.76. The molecule has 6 nitrogen and oxygen atoms in total. The number of unbranched alkanes of at least 4 members (excludes halogenated alkanes) is 2. The van der Waals surface area contributed by atoms with Gasteiger partial charge in [0.2, 0.25) is 10.0 Å². The first-order chi connectivity index (χ1) is 11.0. The maximum atomic E-state index is 12.7. The van der Waals surface area contributed by atoms with Crippen molar-refractivity contribution in [3.8, 4) is 0 Å². The molecule has 0 unspecified atom stereocenters. The van der Waals surface area contributed by atoms with E-state index in [9.17, 15) is 13.2 Å². The topological polar surface area (TPSA) is 86.7 Å². The minimum absolute atomic E-state index is 0.166. The number of sulfonamides is 1. The summed E-state index contributed by atoms with van der Waals surface area (Å²) in [4.78, 5) is 11.6. The van der Waals surface area contributed by atoms with Crippen LogP contribution in [0.5, 0.6) is 0 Å². The Balaban J connectivity index is 2.97. The number of hydrogen-bond acceptors (Lipinski definition) is 4. The first-order valence-electron chi connectivity index (χ1n) is 7.97. The van der Waals surface area contributed by atoms with Crippen LogP contribution in [0.2, 0.25) is 0 Å². The number of hydrogen-bond donors (Lipinski definition) is 2. The normalized spacial score (nSPS) is 11.7. The van der Waals surface area contributed by atoms with Gasteiger partial charge in [-0.2, -0.15) is 4.31 Å². The summed E-state index contributed by atoms with van der Waals surface area (Å²) in [5.74, 6) is -0.743. The van der Waals surface area contributed by atoms with E-state index in [1.807, 2.05) is 6.92 Å². The van der Waals surface area contributed by atoms with Crippen molar-refractivity contribution in [3.63, 3.8) is 0 Å². The molecule has 0 bridgehead atoms. The number of nitrogens with zero attached hydrogens (tertiary/aromatic N) is 1. The smallest absolute Gasteiger partial charge is 0.258 e. The molecule has 23 heavy (non-hydrogen) atoms. The van der Waals surface area contributed by atoms with E-state index < -0.39 is 15.9 Å². The van der Waals surface area contributed by atoms with Crippen LogP contribution < -0.4 is 5.48 Å². The molecule has 0 saturated heterocycles. The molecule has 0 aliphatic rings. The molecule has 0 radical (unpaired) electrons. The molecule has 2 N–H and O–H groups in total. The molecule has 0 heterocycles. The van der Waals surface area contributed by atoms with E-state index in [4.69, 9.17) is 5.21 Å². The molecule has 0 aromatic heterocycles. The number of amides is 1. The summed E-state index contributed by atoms with van der Waals surface area (Å²) in [5.41, 5.74) is 2.57. The maximum absolute atomic E-state index is 12.7. The van der Waals surface area contributed by atoms with Crippen molar-refractivity contribution in [3.05, 3.63) is 29.8 Å². The monoisotopic (exact) mass is 342 g/mol. The largest absolute Gasteiger partial charge is 0.289 e. The highest BCUT2D eigenvalue weighted by atomic mass is 32.2. The van der Waals surface area contributed by atoms with Crippen molar-refractivity contribution in [2.45, 2.75) is 50.8 Å². The van der Waals surface area contributed by atoms with Crippen LogP contribution in [0, 0.1) is 0 Å². The number of aryl methyl sites for hydroxylation is 1. The summed E-state index contributed by atoms with van der Waals surface area (Å²) >= 11 is 0. The molecule has 1 aromatic carbocycles. The molecule has 1 aromatic rings. The number of nitrogens with one attached hydrogen (secondary N) is 1. The van der Waals surface area contributed by atoms with Crippen LogP contribution in [-0.2, 0) is 21.2 Å². The summed E-state index contributed by atoms with van der Waals surface area (Å²) in [6.45, 7) is 3.94. The van der Waals surface area contributed by atoms with Crippen LogP contribution in [0.25, 0.3) is 0 Å². The second-order valence-electron chi connectivity index (χ2n) is 5.47. The quantitative estimate of drug-likeness (QED) is 0.388. The molecule has 1 rings (SSSR count). The van der Waals surface area contributed by atoms with Crippen LogP contribution in [0.4, 0.5) is 0 Å². The Labute approximate surface area is 138 Å². The molecule has 0 aliphatic heterocycles. The zero-order valence-corrected chi connectivity index (χ0v) is 14.6. The van der Waals surface area contributed by atoms with Crippen molar-refractivity contribution in [1.29, 1.82) is 0 Å². The third kappa shape index (κ3) is 5.93. The Morgan fingerprint density at radius 2 is 1.78 bits per heavy atom. The van der Waals surface area contributed by atoms with Gasteiger partial charge in [0.05, 0.1) is 11.4 Å². The summed E-state index contributed by atoms with van der Waals surface area (Å²) < 4.78 is 26.5. The number of hydroxylamine groups is 1. The lowest BCUT2D eigenvalue weighted by molar-refractivity contribution is -0.129. The van der Waals surface area contributed by atoms with Gasteiger partial charge in [-0.1, -0.05) is 45.2 Å². The lowest BCUT2D eigenvalue weighted by atomic mass is 10.1. The highest BCUT2D eigenvalue weighted by Crippen LogP contribution is 2.18. The second-order valence-corrected chi connectivity index (χ2v) is 7.41. The van der Waals surface area contributed by atoms with Crippen molar-refractivity contribution in [1.82, 2.24) is 9.79 Å². The lowest BCUT2D eigenvalue weighted by Crippen LogP contribution is -2.40. The average molecular weight is 342 g/mol. The van der Waals surface area contributed by atoms with Gasteiger partial charge in [-0.15, -0.1) is 0 Å². The van der Waals surface area contributed by atoms with Gasteiger partial charge in [-0.3, -0.25) is 10.0 Å². The van der Waals surface area contributed by atoms with E-state index >= 15 is 0 Å². The Morgan fingerprint density at radius 1 is 1.13 bits per heavy atom. The number of benzene rings is 1. The van der Waals surface area contributed by atoms with E-state index in [2.05, 4.69) is 6.92 Å². The fourth-order valence-corrected chi connectivity index (χ4v) is 3.72. The predicted molar refractivity (Wildman–Crippen MR) is 88.7 cm³/mol. The van der Waals surface area contributed by atoms with Gasteiger partial charge in [0.1, 0.15) is 0 Å². The summed E-state index contributed by atoms with van der Waals surface area (Å²) in [5, 5.41) is 8.67. The van der Waals surface area contributed by atoms with Crippen molar-refractivity contribution < 1.29 is 18.4 Å². The van der Waals surface area contributed by atoms with Crippen LogP contribution in [-0.4, -0.2) is 36.9 Å². The SMILES string of the molecule is CCCCCN(CC(=O)NO)S(=O)(=O)c1ccc(CCC)cc1. The molecular formula is C16H26N2O4S. The van der Waals surface area contributed by atoms with Crippen LogP contribution in [0.1, 0.15) is 45.1 Å². The first kappa shape index (κ1) is 19.6. The molecule has 1 amide bonds. The number of carbonyl (C=O) groups excluding carboxylic acids is 1. The number of carbonyl (C=O) groups is 1. The van der Waals surface area contributed by atoms with Crippen molar-refractivity contribution >= 4 is 15.9 Å². The molecule has 0 aliphatic carbocycles. The minimum Gasteiger partial charge on any atom is -0.289 e. The Kier molecular flexibility index (Phi) is 8.22. The fraction of sp³-hybridized carbons (Fsp3) is 0.562. The Hall–Kier alpha value is -1.44. The van der Waals surface area contributed by atoms with Crippen LogP contribution in [0.3, 0.4) is 0 Å². The molecule has 0 fully saturated rings. The second kappa shape index (κ2) is 9.64. The first-order valence-corrected chi connectivity index (χ1v) is 9.41. The van der Waals surface area contributed by atoms with Crippen LogP contribution in [0.15, 0.2) is 29.2 Å².